The summed E-state index contributed by atoms with van der Waals surface area (Å²) in [4.78, 5) is 12.7. The van der Waals surface area contributed by atoms with Crippen LogP contribution in [0.3, 0.4) is 0 Å². The molecule has 3 aromatic carbocycles. The van der Waals surface area contributed by atoms with Gasteiger partial charge < -0.3 is 4.18 Å². The highest BCUT2D eigenvalue weighted by Gasteiger charge is 2.99. The van der Waals surface area contributed by atoms with E-state index in [0.29, 0.717) is 37.7 Å². The van der Waals surface area contributed by atoms with Crippen LogP contribution in [0.1, 0.15) is 76.0 Å². The predicted molar refractivity (Wildman–Crippen MR) is 199 cm³/mol. The van der Waals surface area contributed by atoms with Crippen LogP contribution >= 0.6 is 10.3 Å². The van der Waals surface area contributed by atoms with Gasteiger partial charge in [0.25, 0.3) is 0 Å². The monoisotopic (exact) mass is 1040 g/mol. The highest BCUT2D eigenvalue weighted by molar-refractivity contribution is 8.30. The van der Waals surface area contributed by atoms with Gasteiger partial charge in [-0.1, -0.05) is 88.6 Å². The lowest BCUT2D eigenvalue weighted by atomic mass is 9.85. The molecule has 0 spiro atoms. The van der Waals surface area contributed by atoms with Crippen molar-refractivity contribution < 1.29 is 110 Å². The standard InChI is InChI=1S/C42H39F23O2S/c1-4-7-16-25-23-26(17-8-5-2)30(27(24-25)18-9-6-3)68(28-19-12-10-13-20-28,29-21-14-11-15-22-29)67-31(66)32(43,44)33(45,46)34(47,48)35(49,50)36(51,52)37(53,54)38(55,56)39(57,58)40(59,60)41(61,62)42(63,64)65/h10-15,19-24H,4-9,16-18H2,1-3H3. The second-order valence-electron chi connectivity index (χ2n) is 15.3. The SMILES string of the molecule is CCCCc1cc(CCCC)c(S(OC(=O)C(F)(F)C(F)(F)C(F)(F)C(F)(F)C(F)(F)C(F)(F)C(F)(F)C(F)(F)C(F)(F)C(F)(F)C(F)(F)F)(c2ccccc2)c2ccccc2)c(CCCC)c1. The number of unbranched alkanes of at least 4 members (excludes halogenated alkanes) is 3. The zero-order chi connectivity index (χ0) is 52.6. The Bertz CT molecular complexity index is 2110. The van der Waals surface area contributed by atoms with Crippen LogP contribution in [0.4, 0.5) is 101 Å². The Balaban J connectivity index is 2.41. The van der Waals surface area contributed by atoms with E-state index in [2.05, 4.69) is 0 Å². The van der Waals surface area contributed by atoms with Crippen LogP contribution in [0, 0.1) is 0 Å². The third-order valence-electron chi connectivity index (χ3n) is 10.5. The molecule has 2 nitrogen and oxygen atoms in total. The molecule has 0 N–H and O–H groups in total. The summed E-state index contributed by atoms with van der Waals surface area (Å²) in [5.74, 6) is -94.6. The van der Waals surface area contributed by atoms with Crippen molar-refractivity contribution >= 4 is 16.3 Å². The van der Waals surface area contributed by atoms with Crippen molar-refractivity contribution in [1.29, 1.82) is 0 Å². The minimum Gasteiger partial charge on any atom is -0.397 e. The number of benzene rings is 3. The summed E-state index contributed by atoms with van der Waals surface area (Å²) in [6.45, 7) is 5.21. The summed E-state index contributed by atoms with van der Waals surface area (Å²) in [5, 5.41) is 0. The van der Waals surface area contributed by atoms with Crippen LogP contribution in [0.5, 0.6) is 0 Å². The smallest absolute Gasteiger partial charge is 0.397 e. The molecule has 0 aromatic heterocycles. The van der Waals surface area contributed by atoms with Gasteiger partial charge in [0.2, 0.25) is 0 Å². The van der Waals surface area contributed by atoms with E-state index in [4.69, 9.17) is 4.18 Å². The zero-order valence-electron chi connectivity index (χ0n) is 35.2. The van der Waals surface area contributed by atoms with Gasteiger partial charge in [0.05, 0.1) is 0 Å². The lowest BCUT2D eigenvalue weighted by Gasteiger charge is -2.45. The van der Waals surface area contributed by atoms with Gasteiger partial charge in [-0.2, -0.15) is 101 Å². The Labute approximate surface area is 374 Å². The van der Waals surface area contributed by atoms with Crippen LogP contribution in [0.25, 0.3) is 0 Å². The van der Waals surface area contributed by atoms with Gasteiger partial charge in [0.1, 0.15) is 0 Å². The van der Waals surface area contributed by atoms with Crippen molar-refractivity contribution in [3.63, 3.8) is 0 Å². The van der Waals surface area contributed by atoms with Crippen LogP contribution in [0.2, 0.25) is 0 Å². The third-order valence-corrected chi connectivity index (χ3v) is 13.9. The normalized spacial score (nSPS) is 14.9. The summed E-state index contributed by atoms with van der Waals surface area (Å²) in [6.07, 6.45) is -5.26. The molecule has 0 bridgehead atoms. The minimum absolute atomic E-state index is 0.0134. The fourth-order valence-electron chi connectivity index (χ4n) is 6.61. The van der Waals surface area contributed by atoms with E-state index in [0.717, 1.165) is 24.3 Å². The average molecular weight is 1040 g/mol. The summed E-state index contributed by atoms with van der Waals surface area (Å²) in [7, 11) is -4.50. The van der Waals surface area contributed by atoms with Crippen LogP contribution in [0.15, 0.2) is 87.5 Å². The van der Waals surface area contributed by atoms with Crippen molar-refractivity contribution in [2.75, 3.05) is 0 Å². The van der Waals surface area contributed by atoms with Crippen LogP contribution in [-0.4, -0.2) is 71.4 Å². The fraction of sp³-hybridized carbons (Fsp3) is 0.548. The van der Waals surface area contributed by atoms with Crippen molar-refractivity contribution in [3.05, 3.63) is 89.5 Å². The molecule has 68 heavy (non-hydrogen) atoms. The molecule has 0 atom stereocenters. The summed E-state index contributed by atoms with van der Waals surface area (Å²) in [5.41, 5.74) is 0.950. The Kier molecular flexibility index (Phi) is 16.8. The third kappa shape index (κ3) is 9.08. The maximum Gasteiger partial charge on any atom is 0.460 e. The first-order chi connectivity index (χ1) is 30.8. The molecule has 0 amide bonds. The Hall–Kier alpha value is -4.13. The lowest BCUT2D eigenvalue weighted by Crippen LogP contribution is -2.78. The number of carbonyl (C=O) groups excluding carboxylic acids is 1. The molecular weight excluding hydrogens is 1010 g/mol. The average Bonchev–Trinajstić information content (AvgIpc) is 3.25. The molecule has 0 saturated carbocycles. The van der Waals surface area contributed by atoms with E-state index < -0.39 is 91.5 Å². The Morgan fingerprint density at radius 1 is 0.426 bits per heavy atom. The lowest BCUT2D eigenvalue weighted by molar-refractivity contribution is -0.477. The maximum absolute atomic E-state index is 16.0. The van der Waals surface area contributed by atoms with Gasteiger partial charge in [-0.25, -0.2) is 4.79 Å². The second kappa shape index (κ2) is 19.6. The number of hydrogen-bond donors (Lipinski definition) is 0. The molecule has 3 aromatic rings. The first kappa shape index (κ1) is 58.2. The van der Waals surface area contributed by atoms with Gasteiger partial charge in [0, 0.05) is 14.7 Å². The molecule has 0 fully saturated rings. The molecule has 0 unspecified atom stereocenters. The zero-order valence-corrected chi connectivity index (χ0v) is 36.0. The van der Waals surface area contributed by atoms with Crippen molar-refractivity contribution in [2.45, 2.75) is 159 Å². The summed E-state index contributed by atoms with van der Waals surface area (Å²) >= 11 is 0. The summed E-state index contributed by atoms with van der Waals surface area (Å²) < 4.78 is 335. The number of hydrogen-bond acceptors (Lipinski definition) is 2. The predicted octanol–water partition coefficient (Wildman–Crippen LogP) is 16.4. The number of carbonyl (C=O) groups is 1. The number of aryl methyl sites for hydroxylation is 3. The van der Waals surface area contributed by atoms with E-state index in [1.54, 1.807) is 13.8 Å². The van der Waals surface area contributed by atoms with Crippen LogP contribution in [-0.2, 0) is 28.2 Å². The second-order valence-corrected chi connectivity index (χ2v) is 18.0. The first-order valence-electron chi connectivity index (χ1n) is 19.9. The van der Waals surface area contributed by atoms with E-state index in [-0.39, 0.29) is 41.7 Å². The highest BCUT2D eigenvalue weighted by Crippen LogP contribution is 2.73. The molecule has 0 heterocycles. The Morgan fingerprint density at radius 2 is 0.721 bits per heavy atom. The largest absolute Gasteiger partial charge is 0.460 e. The Morgan fingerprint density at radius 3 is 1.03 bits per heavy atom. The van der Waals surface area contributed by atoms with E-state index >= 15 is 26.3 Å². The number of halogens is 23. The first-order valence-corrected chi connectivity index (χ1v) is 21.5. The summed E-state index contributed by atoms with van der Waals surface area (Å²) in [6, 6.07) is 14.5. The minimum atomic E-state index is -9.57. The molecule has 386 valence electrons. The molecule has 0 aliphatic carbocycles. The van der Waals surface area contributed by atoms with Gasteiger partial charge >= 0.3 is 71.4 Å². The highest BCUT2D eigenvalue weighted by atomic mass is 32.3. The van der Waals surface area contributed by atoms with Crippen molar-refractivity contribution in [1.82, 2.24) is 0 Å². The quantitative estimate of drug-likeness (QED) is 0.0885. The van der Waals surface area contributed by atoms with Gasteiger partial charge in [0.15, 0.2) is 0 Å². The molecule has 0 radical (unpaired) electrons. The molecule has 0 aliphatic heterocycles. The van der Waals surface area contributed by atoms with E-state index in [9.17, 15) is 79.4 Å². The van der Waals surface area contributed by atoms with Crippen molar-refractivity contribution in [3.8, 4) is 0 Å². The number of rotatable bonds is 23. The van der Waals surface area contributed by atoms with E-state index in [1.807, 2.05) is 6.92 Å². The van der Waals surface area contributed by atoms with Crippen LogP contribution < -0.4 is 0 Å². The maximum atomic E-state index is 16.0. The van der Waals surface area contributed by atoms with E-state index in [1.165, 1.54) is 48.5 Å². The molecule has 0 aliphatic rings. The molecule has 0 saturated heterocycles. The molecule has 26 heteroatoms. The topological polar surface area (TPSA) is 26.3 Å². The number of alkyl halides is 23. The molecule has 3 rings (SSSR count). The van der Waals surface area contributed by atoms with Gasteiger partial charge in [-0.15, -0.1) is 0 Å². The van der Waals surface area contributed by atoms with Gasteiger partial charge in [-0.05, 0) is 89.8 Å². The fourth-order valence-corrected chi connectivity index (χ4v) is 10.1. The van der Waals surface area contributed by atoms with Gasteiger partial charge in [-0.3, -0.25) is 0 Å². The van der Waals surface area contributed by atoms with Crippen molar-refractivity contribution in [2.24, 2.45) is 0 Å². The molecular formula is C42H39F23O2S.